The number of nitrogens with two attached hydrogens (primary N) is 1. The first-order valence-electron chi connectivity index (χ1n) is 8.39. The number of hydrogen-bond acceptors (Lipinski definition) is 6. The Morgan fingerprint density at radius 1 is 1.27 bits per heavy atom. The Bertz CT molecular complexity index is 1050. The third kappa shape index (κ3) is 2.71. The zero-order valence-corrected chi connectivity index (χ0v) is 14.0. The van der Waals surface area contributed by atoms with Crippen LogP contribution in [0, 0.1) is 0 Å². The molecule has 9 nitrogen and oxygen atoms in total. The van der Waals surface area contributed by atoms with Crippen molar-refractivity contribution in [3.05, 3.63) is 56.7 Å². The molecule has 136 valence electrons. The highest BCUT2D eigenvalue weighted by atomic mass is 16.5. The highest BCUT2D eigenvalue weighted by Gasteiger charge is 2.31. The Balaban J connectivity index is 1.91. The Hall–Kier alpha value is -2.91. The fraction of sp³-hybridized carbons (Fsp3) is 0.353. The Morgan fingerprint density at radius 3 is 2.73 bits per heavy atom. The van der Waals surface area contributed by atoms with Crippen LogP contribution in [0.15, 0.2) is 39.9 Å². The molecule has 2 aromatic heterocycles. The van der Waals surface area contributed by atoms with Gasteiger partial charge in [0.25, 0.3) is 5.56 Å². The van der Waals surface area contributed by atoms with E-state index in [1.807, 2.05) is 30.3 Å². The topological polar surface area (TPSA) is 128 Å². The highest BCUT2D eigenvalue weighted by Crippen LogP contribution is 2.29. The number of ether oxygens (including phenoxy) is 1. The molecule has 3 aromatic rings. The number of nitrogen functional groups attached to an aromatic ring is 1. The SMILES string of the molecule is Nc1nc2c(c(=O)[nH]1)n(Cc1ccccc1)c(=O)n2C1CCC(CO)O1. The smallest absolute Gasteiger partial charge is 0.332 e. The Morgan fingerprint density at radius 2 is 2.04 bits per heavy atom. The molecule has 1 fully saturated rings. The summed E-state index contributed by atoms with van der Waals surface area (Å²) in [5.74, 6) is -0.0650. The number of nitrogens with one attached hydrogen (secondary N) is 1. The average molecular weight is 357 g/mol. The summed E-state index contributed by atoms with van der Waals surface area (Å²) in [6, 6.07) is 9.37. The number of aliphatic hydroxyl groups excluding tert-OH is 1. The van der Waals surface area contributed by atoms with Crippen LogP contribution in [0.1, 0.15) is 24.6 Å². The molecule has 4 rings (SSSR count). The van der Waals surface area contributed by atoms with E-state index < -0.39 is 17.5 Å². The van der Waals surface area contributed by atoms with Crippen molar-refractivity contribution in [2.45, 2.75) is 31.7 Å². The minimum atomic E-state index is -0.590. The summed E-state index contributed by atoms with van der Waals surface area (Å²) in [5.41, 5.74) is 6.04. The van der Waals surface area contributed by atoms with Crippen LogP contribution >= 0.6 is 0 Å². The molecule has 0 amide bonds. The molecule has 1 aliphatic heterocycles. The van der Waals surface area contributed by atoms with E-state index in [1.165, 1.54) is 9.13 Å². The van der Waals surface area contributed by atoms with Crippen LogP contribution in [0.3, 0.4) is 0 Å². The van der Waals surface area contributed by atoms with E-state index in [-0.39, 0.29) is 36.4 Å². The summed E-state index contributed by atoms with van der Waals surface area (Å²) in [4.78, 5) is 32.2. The normalized spacial score (nSPS) is 20.0. The van der Waals surface area contributed by atoms with E-state index in [2.05, 4.69) is 9.97 Å². The van der Waals surface area contributed by atoms with Crippen LogP contribution in [-0.2, 0) is 11.3 Å². The van der Waals surface area contributed by atoms with Crippen molar-refractivity contribution in [1.29, 1.82) is 0 Å². The number of nitrogens with zero attached hydrogens (tertiary/aromatic N) is 3. The van der Waals surface area contributed by atoms with Gasteiger partial charge < -0.3 is 15.6 Å². The molecule has 0 bridgehead atoms. The minimum Gasteiger partial charge on any atom is -0.394 e. The highest BCUT2D eigenvalue weighted by molar-refractivity contribution is 5.72. The van der Waals surface area contributed by atoms with E-state index in [0.717, 1.165) is 5.56 Å². The zero-order chi connectivity index (χ0) is 18.3. The van der Waals surface area contributed by atoms with Gasteiger partial charge in [-0.2, -0.15) is 4.98 Å². The number of hydrogen-bond donors (Lipinski definition) is 3. The molecule has 1 saturated heterocycles. The summed E-state index contributed by atoms with van der Waals surface area (Å²) in [6.45, 7) is 0.109. The van der Waals surface area contributed by atoms with Gasteiger partial charge in [0.2, 0.25) is 5.95 Å². The van der Waals surface area contributed by atoms with Gasteiger partial charge >= 0.3 is 5.69 Å². The number of benzene rings is 1. The van der Waals surface area contributed by atoms with Gasteiger partial charge in [-0.25, -0.2) is 9.36 Å². The van der Waals surface area contributed by atoms with Gasteiger partial charge in [-0.15, -0.1) is 0 Å². The molecule has 9 heteroatoms. The van der Waals surface area contributed by atoms with Crippen molar-refractivity contribution < 1.29 is 9.84 Å². The number of fused-ring (bicyclic) bond motifs is 1. The molecule has 4 N–H and O–H groups in total. The van der Waals surface area contributed by atoms with E-state index >= 15 is 0 Å². The summed E-state index contributed by atoms with van der Waals surface area (Å²) >= 11 is 0. The van der Waals surface area contributed by atoms with Crippen LogP contribution in [0.4, 0.5) is 5.95 Å². The maximum absolute atomic E-state index is 13.1. The van der Waals surface area contributed by atoms with E-state index in [4.69, 9.17) is 10.5 Å². The molecule has 3 heterocycles. The van der Waals surface area contributed by atoms with Crippen LogP contribution in [0.5, 0.6) is 0 Å². The molecule has 0 saturated carbocycles. The van der Waals surface area contributed by atoms with Gasteiger partial charge in [0.15, 0.2) is 11.2 Å². The molecule has 2 atom stereocenters. The number of aromatic amines is 1. The van der Waals surface area contributed by atoms with Crippen LogP contribution < -0.4 is 17.0 Å². The standard InChI is InChI=1S/C17H19N5O4/c18-16-19-14-13(15(24)20-16)21(8-10-4-2-1-3-5-10)17(25)22(14)12-7-6-11(9-23)26-12/h1-5,11-12,23H,6-9H2,(H3,18,19,20,24). The third-order valence-corrected chi connectivity index (χ3v) is 4.59. The Labute approximate surface area is 147 Å². The van der Waals surface area contributed by atoms with E-state index in [1.54, 1.807) is 0 Å². The van der Waals surface area contributed by atoms with Crippen molar-refractivity contribution >= 4 is 17.1 Å². The van der Waals surface area contributed by atoms with Crippen molar-refractivity contribution in [3.8, 4) is 0 Å². The number of anilines is 1. The van der Waals surface area contributed by atoms with Crippen LogP contribution in [0.2, 0.25) is 0 Å². The number of imidazole rings is 1. The van der Waals surface area contributed by atoms with Gasteiger partial charge in [0, 0.05) is 0 Å². The van der Waals surface area contributed by atoms with Gasteiger partial charge in [0.05, 0.1) is 19.3 Å². The first-order chi connectivity index (χ1) is 12.6. The fourth-order valence-electron chi connectivity index (χ4n) is 3.38. The van der Waals surface area contributed by atoms with Crippen molar-refractivity contribution in [2.24, 2.45) is 0 Å². The van der Waals surface area contributed by atoms with E-state index in [9.17, 15) is 14.7 Å². The Kier molecular flexibility index (Phi) is 4.09. The molecule has 1 aliphatic rings. The van der Waals surface area contributed by atoms with Crippen LogP contribution in [-0.4, -0.2) is 36.9 Å². The number of aliphatic hydroxyl groups is 1. The lowest BCUT2D eigenvalue weighted by Crippen LogP contribution is -2.29. The zero-order valence-electron chi connectivity index (χ0n) is 14.0. The second-order valence-corrected chi connectivity index (χ2v) is 6.32. The summed E-state index contributed by atoms with van der Waals surface area (Å²) < 4.78 is 8.48. The average Bonchev–Trinajstić information content (AvgIpc) is 3.19. The largest absolute Gasteiger partial charge is 0.394 e. The summed E-state index contributed by atoms with van der Waals surface area (Å²) in [5, 5.41) is 9.29. The molecule has 2 unspecified atom stereocenters. The number of aromatic nitrogens is 4. The third-order valence-electron chi connectivity index (χ3n) is 4.59. The van der Waals surface area contributed by atoms with Gasteiger partial charge in [0.1, 0.15) is 6.23 Å². The quantitative estimate of drug-likeness (QED) is 0.611. The van der Waals surface area contributed by atoms with Gasteiger partial charge in [-0.05, 0) is 18.4 Å². The van der Waals surface area contributed by atoms with Gasteiger partial charge in [-0.1, -0.05) is 30.3 Å². The second kappa shape index (κ2) is 6.43. The number of rotatable bonds is 4. The molecule has 0 aliphatic carbocycles. The lowest BCUT2D eigenvalue weighted by Gasteiger charge is -2.13. The molecular weight excluding hydrogens is 338 g/mol. The molecule has 0 spiro atoms. The number of H-pyrrole nitrogens is 1. The maximum atomic E-state index is 13.1. The predicted molar refractivity (Wildman–Crippen MR) is 94.8 cm³/mol. The summed E-state index contributed by atoms with van der Waals surface area (Å²) in [6.07, 6.45) is 0.244. The monoisotopic (exact) mass is 357 g/mol. The predicted octanol–water partition coefficient (Wildman–Crippen LogP) is 0.187. The van der Waals surface area contributed by atoms with E-state index in [0.29, 0.717) is 12.8 Å². The first-order valence-corrected chi connectivity index (χ1v) is 8.39. The van der Waals surface area contributed by atoms with Crippen molar-refractivity contribution in [1.82, 2.24) is 19.1 Å². The van der Waals surface area contributed by atoms with Crippen molar-refractivity contribution in [2.75, 3.05) is 12.3 Å². The fourth-order valence-corrected chi connectivity index (χ4v) is 3.38. The van der Waals surface area contributed by atoms with Crippen LogP contribution in [0.25, 0.3) is 11.2 Å². The lowest BCUT2D eigenvalue weighted by molar-refractivity contribution is -0.0224. The molecule has 26 heavy (non-hydrogen) atoms. The molecular formula is C17H19N5O4. The second-order valence-electron chi connectivity index (χ2n) is 6.32. The maximum Gasteiger partial charge on any atom is 0.332 e. The lowest BCUT2D eigenvalue weighted by atomic mass is 10.2. The molecule has 1 aromatic carbocycles. The van der Waals surface area contributed by atoms with Gasteiger partial charge in [-0.3, -0.25) is 14.3 Å². The van der Waals surface area contributed by atoms with Crippen molar-refractivity contribution in [3.63, 3.8) is 0 Å². The summed E-state index contributed by atoms with van der Waals surface area (Å²) in [7, 11) is 0. The minimum absolute atomic E-state index is 0.0650. The molecule has 0 radical (unpaired) electrons. The first kappa shape index (κ1) is 16.6.